The van der Waals surface area contributed by atoms with Crippen LogP contribution in [0.3, 0.4) is 0 Å². The Morgan fingerprint density at radius 3 is 2.52 bits per heavy atom. The number of nitrogens with one attached hydrogen (secondary N) is 2. The zero-order valence-corrected chi connectivity index (χ0v) is 12.5. The van der Waals surface area contributed by atoms with E-state index in [9.17, 15) is 10.1 Å². The Hall–Kier alpha value is -1.92. The predicted octanol–water partition coefficient (Wildman–Crippen LogP) is 3.20. The minimum Gasteiger partial charge on any atom is -0.364 e. The summed E-state index contributed by atoms with van der Waals surface area (Å²) in [5.41, 5.74) is -0.0539. The lowest BCUT2D eigenvalue weighted by atomic mass is 9.89. The minimum atomic E-state index is -0.415. The van der Waals surface area contributed by atoms with Crippen LogP contribution in [0, 0.1) is 16.0 Å². The van der Waals surface area contributed by atoms with Crippen LogP contribution < -0.4 is 10.6 Å². The largest absolute Gasteiger partial charge is 0.364 e. The number of anilines is 2. The average Bonchev–Trinajstić information content (AvgIpc) is 2.51. The molecule has 2 rings (SSSR count). The molecule has 1 aromatic rings. The molecule has 7 nitrogen and oxygen atoms in total. The lowest BCUT2D eigenvalue weighted by Crippen LogP contribution is -2.19. The Labute approximate surface area is 124 Å². The maximum absolute atomic E-state index is 11.3. The summed E-state index contributed by atoms with van der Waals surface area (Å²) in [4.78, 5) is 18.9. The van der Waals surface area contributed by atoms with Gasteiger partial charge in [-0.05, 0) is 25.2 Å². The Kier molecular flexibility index (Phi) is 5.71. The van der Waals surface area contributed by atoms with Crippen molar-refractivity contribution in [3.63, 3.8) is 0 Å². The molecule has 0 spiro atoms. The molecule has 1 aromatic heterocycles. The quantitative estimate of drug-likeness (QED) is 0.592. The lowest BCUT2D eigenvalue weighted by Gasteiger charge is -2.21. The molecule has 116 valence electrons. The fourth-order valence-electron chi connectivity index (χ4n) is 2.69. The van der Waals surface area contributed by atoms with Gasteiger partial charge in [-0.3, -0.25) is 10.1 Å². The second-order valence-corrected chi connectivity index (χ2v) is 5.49. The van der Waals surface area contributed by atoms with Crippen molar-refractivity contribution in [1.29, 1.82) is 0 Å². The average molecular weight is 293 g/mol. The summed E-state index contributed by atoms with van der Waals surface area (Å²) in [5, 5.41) is 17.4. The van der Waals surface area contributed by atoms with Crippen LogP contribution in [0.25, 0.3) is 0 Å². The van der Waals surface area contributed by atoms with Crippen LogP contribution in [-0.2, 0) is 0 Å². The monoisotopic (exact) mass is 293 g/mol. The van der Waals surface area contributed by atoms with Gasteiger partial charge in [-0.2, -0.15) is 0 Å². The SMILES string of the molecule is CCCNc1ncnc(NCC2CCCCC2)c1[N+](=O)[O-]. The highest BCUT2D eigenvalue weighted by Gasteiger charge is 2.23. The lowest BCUT2D eigenvalue weighted by molar-refractivity contribution is -0.383. The fraction of sp³-hybridized carbons (Fsp3) is 0.714. The van der Waals surface area contributed by atoms with E-state index in [1.807, 2.05) is 6.92 Å². The molecule has 21 heavy (non-hydrogen) atoms. The molecule has 0 unspecified atom stereocenters. The Morgan fingerprint density at radius 1 is 1.24 bits per heavy atom. The first-order chi connectivity index (χ1) is 10.2. The van der Waals surface area contributed by atoms with Gasteiger partial charge < -0.3 is 10.6 Å². The van der Waals surface area contributed by atoms with E-state index in [2.05, 4.69) is 20.6 Å². The first-order valence-electron chi connectivity index (χ1n) is 7.69. The van der Waals surface area contributed by atoms with Crippen LogP contribution in [0.1, 0.15) is 45.4 Å². The zero-order valence-electron chi connectivity index (χ0n) is 12.5. The number of aromatic nitrogens is 2. The van der Waals surface area contributed by atoms with Crippen LogP contribution in [0.4, 0.5) is 17.3 Å². The van der Waals surface area contributed by atoms with Crippen LogP contribution in [-0.4, -0.2) is 28.0 Å². The number of nitrogens with zero attached hydrogens (tertiary/aromatic N) is 3. The van der Waals surface area contributed by atoms with Gasteiger partial charge in [0.1, 0.15) is 6.33 Å². The van der Waals surface area contributed by atoms with Crippen LogP contribution in [0.2, 0.25) is 0 Å². The van der Waals surface area contributed by atoms with Gasteiger partial charge >= 0.3 is 5.69 Å². The summed E-state index contributed by atoms with van der Waals surface area (Å²) >= 11 is 0. The first kappa shape index (κ1) is 15.5. The third-order valence-corrected chi connectivity index (χ3v) is 3.83. The summed E-state index contributed by atoms with van der Waals surface area (Å²) in [6.45, 7) is 3.40. The number of nitro groups is 1. The van der Waals surface area contributed by atoms with Crippen molar-refractivity contribution >= 4 is 17.3 Å². The third kappa shape index (κ3) is 4.27. The van der Waals surface area contributed by atoms with E-state index in [0.29, 0.717) is 24.1 Å². The minimum absolute atomic E-state index is 0.0539. The van der Waals surface area contributed by atoms with E-state index in [-0.39, 0.29) is 5.69 Å². The van der Waals surface area contributed by atoms with Crippen LogP contribution in [0.5, 0.6) is 0 Å². The molecule has 1 fully saturated rings. The highest BCUT2D eigenvalue weighted by molar-refractivity contribution is 5.69. The maximum Gasteiger partial charge on any atom is 0.353 e. The van der Waals surface area contributed by atoms with E-state index in [1.165, 1.54) is 38.4 Å². The molecule has 1 heterocycles. The highest BCUT2D eigenvalue weighted by atomic mass is 16.6. The molecule has 7 heteroatoms. The van der Waals surface area contributed by atoms with Gasteiger partial charge in [0, 0.05) is 13.1 Å². The van der Waals surface area contributed by atoms with Crippen LogP contribution in [0.15, 0.2) is 6.33 Å². The predicted molar refractivity (Wildman–Crippen MR) is 82.5 cm³/mol. The molecule has 0 saturated heterocycles. The normalized spacial score (nSPS) is 15.7. The number of rotatable bonds is 7. The van der Waals surface area contributed by atoms with Crippen LogP contribution >= 0.6 is 0 Å². The Morgan fingerprint density at radius 2 is 1.90 bits per heavy atom. The topological polar surface area (TPSA) is 93.0 Å². The van der Waals surface area contributed by atoms with Gasteiger partial charge in [-0.15, -0.1) is 0 Å². The number of hydrogen-bond donors (Lipinski definition) is 2. The summed E-state index contributed by atoms with van der Waals surface area (Å²) in [6, 6.07) is 0. The molecular weight excluding hydrogens is 270 g/mol. The molecule has 2 N–H and O–H groups in total. The molecule has 1 saturated carbocycles. The van der Waals surface area contributed by atoms with Crippen molar-refractivity contribution < 1.29 is 4.92 Å². The van der Waals surface area contributed by atoms with Crippen molar-refractivity contribution in [2.45, 2.75) is 45.4 Å². The van der Waals surface area contributed by atoms with Crippen molar-refractivity contribution in [1.82, 2.24) is 9.97 Å². The summed E-state index contributed by atoms with van der Waals surface area (Å²) in [7, 11) is 0. The van der Waals surface area contributed by atoms with Gasteiger partial charge in [-0.1, -0.05) is 26.2 Å². The maximum atomic E-state index is 11.3. The first-order valence-corrected chi connectivity index (χ1v) is 7.69. The summed E-state index contributed by atoms with van der Waals surface area (Å²) in [6.07, 6.45) is 8.43. The second kappa shape index (κ2) is 7.75. The Bertz CT molecular complexity index is 474. The Balaban J connectivity index is 2.07. The van der Waals surface area contributed by atoms with Gasteiger partial charge in [0.05, 0.1) is 4.92 Å². The van der Waals surface area contributed by atoms with E-state index in [1.54, 1.807) is 0 Å². The zero-order chi connectivity index (χ0) is 15.1. The van der Waals surface area contributed by atoms with E-state index in [4.69, 9.17) is 0 Å². The van der Waals surface area contributed by atoms with Gasteiger partial charge in [0.15, 0.2) is 0 Å². The summed E-state index contributed by atoms with van der Waals surface area (Å²) in [5.74, 6) is 1.20. The molecule has 0 atom stereocenters. The molecule has 0 amide bonds. The van der Waals surface area contributed by atoms with Crippen molar-refractivity contribution in [2.75, 3.05) is 23.7 Å². The molecule has 0 aromatic carbocycles. The van der Waals surface area contributed by atoms with E-state index < -0.39 is 4.92 Å². The highest BCUT2D eigenvalue weighted by Crippen LogP contribution is 2.30. The van der Waals surface area contributed by atoms with E-state index in [0.717, 1.165) is 13.0 Å². The standard InChI is InChI=1S/C14H23N5O2/c1-2-8-15-13-12(19(20)21)14(18-10-17-13)16-9-11-6-4-3-5-7-11/h10-11H,2-9H2,1H3,(H2,15,16,17,18). The molecular formula is C14H23N5O2. The molecule has 0 bridgehead atoms. The molecule has 0 radical (unpaired) electrons. The molecule has 0 aliphatic heterocycles. The van der Waals surface area contributed by atoms with Gasteiger partial charge in [0.25, 0.3) is 0 Å². The van der Waals surface area contributed by atoms with Crippen molar-refractivity contribution in [3.8, 4) is 0 Å². The van der Waals surface area contributed by atoms with Gasteiger partial charge in [0.2, 0.25) is 11.6 Å². The fourth-order valence-corrected chi connectivity index (χ4v) is 2.69. The molecule has 1 aliphatic carbocycles. The van der Waals surface area contributed by atoms with Crippen molar-refractivity contribution in [3.05, 3.63) is 16.4 Å². The summed E-state index contributed by atoms with van der Waals surface area (Å²) < 4.78 is 0. The van der Waals surface area contributed by atoms with Gasteiger partial charge in [-0.25, -0.2) is 9.97 Å². The molecule has 1 aliphatic rings. The second-order valence-electron chi connectivity index (χ2n) is 5.49. The third-order valence-electron chi connectivity index (χ3n) is 3.83. The van der Waals surface area contributed by atoms with E-state index >= 15 is 0 Å². The number of hydrogen-bond acceptors (Lipinski definition) is 6. The smallest absolute Gasteiger partial charge is 0.353 e. The van der Waals surface area contributed by atoms with Crippen molar-refractivity contribution in [2.24, 2.45) is 5.92 Å².